The molecule has 1 saturated heterocycles. The molecular weight excluding hydrogens is 312 g/mol. The van der Waals surface area contributed by atoms with Crippen LogP contribution < -0.4 is 0 Å². The largest absolute Gasteiger partial charge is 0.478 e. The summed E-state index contributed by atoms with van der Waals surface area (Å²) in [6.45, 7) is 3.17. The lowest BCUT2D eigenvalue weighted by atomic mass is 9.87. The number of aromatic nitrogens is 1. The summed E-state index contributed by atoms with van der Waals surface area (Å²) in [6.07, 6.45) is 6.17. The van der Waals surface area contributed by atoms with Gasteiger partial charge in [0.05, 0.1) is 11.3 Å². The number of rotatable bonds is 2. The van der Waals surface area contributed by atoms with Gasteiger partial charge in [0, 0.05) is 23.6 Å². The van der Waals surface area contributed by atoms with Crippen LogP contribution in [0.2, 0.25) is 0 Å². The number of carboxylic acid groups (broad SMARTS) is 1. The van der Waals surface area contributed by atoms with Crippen molar-refractivity contribution in [2.75, 3.05) is 18.8 Å². The van der Waals surface area contributed by atoms with E-state index in [1.807, 2.05) is 16.7 Å². The van der Waals surface area contributed by atoms with Crippen LogP contribution in [0.3, 0.4) is 0 Å². The first kappa shape index (κ1) is 16.3. The van der Waals surface area contributed by atoms with Gasteiger partial charge in [0.1, 0.15) is 5.69 Å². The third-order valence-corrected chi connectivity index (χ3v) is 6.37. The van der Waals surface area contributed by atoms with Gasteiger partial charge in [-0.1, -0.05) is 19.3 Å². The van der Waals surface area contributed by atoms with Crippen molar-refractivity contribution in [3.05, 3.63) is 29.1 Å². The fraction of sp³-hybridized carbons (Fsp3) is 0.588. The second-order valence-electron chi connectivity index (χ2n) is 6.45. The number of carbonyl (C=O) groups is 2. The summed E-state index contributed by atoms with van der Waals surface area (Å²) in [7, 11) is 0. The molecule has 1 aliphatic heterocycles. The minimum atomic E-state index is -1.01. The molecular formula is C17H22N2O3S. The molecule has 2 heterocycles. The highest BCUT2D eigenvalue weighted by molar-refractivity contribution is 8.00. The molecule has 1 aromatic rings. The van der Waals surface area contributed by atoms with Crippen molar-refractivity contribution in [3.8, 4) is 0 Å². The molecule has 23 heavy (non-hydrogen) atoms. The van der Waals surface area contributed by atoms with Crippen LogP contribution in [-0.4, -0.2) is 50.5 Å². The normalized spacial score (nSPS) is 20.5. The van der Waals surface area contributed by atoms with Crippen LogP contribution in [0.1, 0.15) is 58.6 Å². The van der Waals surface area contributed by atoms with E-state index in [0.29, 0.717) is 11.4 Å². The molecule has 1 spiro atoms. The molecule has 124 valence electrons. The Morgan fingerprint density at radius 3 is 2.65 bits per heavy atom. The van der Waals surface area contributed by atoms with Crippen LogP contribution in [0.25, 0.3) is 0 Å². The second kappa shape index (κ2) is 6.51. The summed E-state index contributed by atoms with van der Waals surface area (Å²) < 4.78 is 0.224. The van der Waals surface area contributed by atoms with Gasteiger partial charge in [-0.25, -0.2) is 9.78 Å². The van der Waals surface area contributed by atoms with Crippen molar-refractivity contribution in [1.29, 1.82) is 0 Å². The molecule has 2 fully saturated rings. The monoisotopic (exact) mass is 334 g/mol. The van der Waals surface area contributed by atoms with E-state index in [-0.39, 0.29) is 16.2 Å². The van der Waals surface area contributed by atoms with Crippen molar-refractivity contribution in [1.82, 2.24) is 9.88 Å². The Bertz CT molecular complexity index is 621. The Hall–Kier alpha value is -1.56. The van der Waals surface area contributed by atoms with Crippen LogP contribution in [0.5, 0.6) is 0 Å². The van der Waals surface area contributed by atoms with E-state index >= 15 is 0 Å². The molecule has 0 radical (unpaired) electrons. The molecule has 2 aliphatic rings. The standard InChI is InChI=1S/C17H22N2O3S/c1-12-13(16(21)22)5-6-14(18-12)15(20)19-9-10-23-17(11-19)7-3-2-4-8-17/h5-6H,2-4,7-11H2,1H3,(H,21,22). The second-order valence-corrected chi connectivity index (χ2v) is 8.02. The van der Waals surface area contributed by atoms with Crippen LogP contribution in [0, 0.1) is 6.92 Å². The van der Waals surface area contributed by atoms with Crippen molar-refractivity contribution < 1.29 is 14.7 Å². The van der Waals surface area contributed by atoms with E-state index in [1.165, 1.54) is 44.2 Å². The zero-order valence-corrected chi connectivity index (χ0v) is 14.2. The average Bonchev–Trinajstić information content (AvgIpc) is 2.54. The summed E-state index contributed by atoms with van der Waals surface area (Å²) in [5, 5.41) is 9.07. The van der Waals surface area contributed by atoms with Gasteiger partial charge in [0.15, 0.2) is 0 Å². The Balaban J connectivity index is 1.77. The smallest absolute Gasteiger partial charge is 0.337 e. The van der Waals surface area contributed by atoms with Crippen LogP contribution in [0.15, 0.2) is 12.1 Å². The van der Waals surface area contributed by atoms with E-state index < -0.39 is 5.97 Å². The molecule has 1 saturated carbocycles. The average molecular weight is 334 g/mol. The number of hydrogen-bond acceptors (Lipinski definition) is 4. The van der Waals surface area contributed by atoms with Gasteiger partial charge < -0.3 is 10.0 Å². The predicted molar refractivity (Wildman–Crippen MR) is 90.1 cm³/mol. The Morgan fingerprint density at radius 2 is 2.00 bits per heavy atom. The van der Waals surface area contributed by atoms with Gasteiger partial charge in [-0.3, -0.25) is 4.79 Å². The fourth-order valence-electron chi connectivity index (χ4n) is 3.58. The molecule has 1 aliphatic carbocycles. The number of aromatic carboxylic acids is 1. The van der Waals surface area contributed by atoms with Gasteiger partial charge in [-0.2, -0.15) is 11.8 Å². The van der Waals surface area contributed by atoms with Crippen molar-refractivity contribution in [2.45, 2.75) is 43.8 Å². The highest BCUT2D eigenvalue weighted by Crippen LogP contribution is 2.42. The van der Waals surface area contributed by atoms with E-state index in [0.717, 1.165) is 18.8 Å². The van der Waals surface area contributed by atoms with Crippen molar-refractivity contribution in [2.24, 2.45) is 0 Å². The topological polar surface area (TPSA) is 70.5 Å². The maximum Gasteiger partial charge on any atom is 0.337 e. The summed E-state index contributed by atoms with van der Waals surface area (Å²) in [6, 6.07) is 3.01. The van der Waals surface area contributed by atoms with E-state index in [1.54, 1.807) is 6.92 Å². The van der Waals surface area contributed by atoms with Gasteiger partial charge in [0.25, 0.3) is 5.91 Å². The van der Waals surface area contributed by atoms with E-state index in [9.17, 15) is 9.59 Å². The van der Waals surface area contributed by atoms with Crippen LogP contribution in [0.4, 0.5) is 0 Å². The molecule has 0 atom stereocenters. The van der Waals surface area contributed by atoms with E-state index in [4.69, 9.17) is 5.11 Å². The Labute approximate surface area is 140 Å². The highest BCUT2D eigenvalue weighted by Gasteiger charge is 2.39. The minimum absolute atomic E-state index is 0.0738. The van der Waals surface area contributed by atoms with Gasteiger partial charge in [-0.05, 0) is 31.9 Å². The maximum atomic E-state index is 12.8. The fourth-order valence-corrected chi connectivity index (χ4v) is 5.15. The highest BCUT2D eigenvalue weighted by atomic mass is 32.2. The lowest BCUT2D eigenvalue weighted by molar-refractivity contribution is 0.0689. The first-order valence-electron chi connectivity index (χ1n) is 8.15. The molecule has 3 rings (SSSR count). The van der Waals surface area contributed by atoms with Gasteiger partial charge in [0.2, 0.25) is 0 Å². The SMILES string of the molecule is Cc1nc(C(=O)N2CCSC3(CCCCC3)C2)ccc1C(=O)O. The molecule has 5 nitrogen and oxygen atoms in total. The zero-order valence-electron chi connectivity index (χ0n) is 13.4. The molecule has 0 aromatic carbocycles. The van der Waals surface area contributed by atoms with Crippen LogP contribution in [-0.2, 0) is 0 Å². The molecule has 6 heteroatoms. The zero-order chi connectivity index (χ0) is 16.4. The number of pyridine rings is 1. The molecule has 1 amide bonds. The van der Waals surface area contributed by atoms with E-state index in [2.05, 4.69) is 4.98 Å². The number of carboxylic acids is 1. The van der Waals surface area contributed by atoms with Gasteiger partial charge >= 0.3 is 5.97 Å². The summed E-state index contributed by atoms with van der Waals surface area (Å²) in [5.41, 5.74) is 0.895. The number of carbonyl (C=O) groups excluding carboxylic acids is 1. The van der Waals surface area contributed by atoms with Gasteiger partial charge in [-0.15, -0.1) is 0 Å². The van der Waals surface area contributed by atoms with Crippen LogP contribution >= 0.6 is 11.8 Å². The molecule has 0 bridgehead atoms. The first-order valence-corrected chi connectivity index (χ1v) is 9.13. The first-order chi connectivity index (χ1) is 11.0. The lowest BCUT2D eigenvalue weighted by Gasteiger charge is -2.44. The van der Waals surface area contributed by atoms with Crippen molar-refractivity contribution in [3.63, 3.8) is 0 Å². The Kier molecular flexibility index (Phi) is 4.62. The predicted octanol–water partition coefficient (Wildman–Crippen LogP) is 2.98. The number of thioether (sulfide) groups is 1. The Morgan fingerprint density at radius 1 is 1.26 bits per heavy atom. The number of nitrogens with zero attached hydrogens (tertiary/aromatic N) is 2. The third-order valence-electron chi connectivity index (χ3n) is 4.84. The lowest BCUT2D eigenvalue weighted by Crippen LogP contribution is -2.50. The number of hydrogen-bond donors (Lipinski definition) is 1. The molecule has 1 aromatic heterocycles. The molecule has 0 unspecified atom stereocenters. The quantitative estimate of drug-likeness (QED) is 0.900. The number of amides is 1. The number of aryl methyl sites for hydroxylation is 1. The minimum Gasteiger partial charge on any atom is -0.478 e. The summed E-state index contributed by atoms with van der Waals surface area (Å²) >= 11 is 2.02. The third kappa shape index (κ3) is 3.37. The summed E-state index contributed by atoms with van der Waals surface area (Å²) in [5.74, 6) is -0.113. The van der Waals surface area contributed by atoms with Crippen molar-refractivity contribution >= 4 is 23.6 Å². The maximum absolute atomic E-state index is 12.8. The molecule has 1 N–H and O–H groups in total. The summed E-state index contributed by atoms with van der Waals surface area (Å²) in [4.78, 5) is 30.0.